The van der Waals surface area contributed by atoms with E-state index in [2.05, 4.69) is 57.1 Å². The minimum Gasteiger partial charge on any atom is -0.394 e. The van der Waals surface area contributed by atoms with Gasteiger partial charge in [-0.3, -0.25) is 33.8 Å². The Bertz CT molecular complexity index is 1830. The highest BCUT2D eigenvalue weighted by molar-refractivity contribution is 7.98. The molecule has 0 bridgehead atoms. The molecule has 0 aliphatic carbocycles. The number of rotatable bonds is 19. The predicted molar refractivity (Wildman–Crippen MR) is 234 cm³/mol. The number of aromatic nitrogens is 1. The van der Waals surface area contributed by atoms with Crippen LogP contribution in [-0.4, -0.2) is 154 Å². The molecule has 6 amide bonds. The van der Waals surface area contributed by atoms with Gasteiger partial charge in [0.2, 0.25) is 35.4 Å². The molecule has 1 aromatic carbocycles. The number of benzene rings is 1. The van der Waals surface area contributed by atoms with Crippen LogP contribution in [0.1, 0.15) is 76.8 Å². The maximum atomic E-state index is 13.9. The van der Waals surface area contributed by atoms with Gasteiger partial charge in [0.05, 0.1) is 13.2 Å². The van der Waals surface area contributed by atoms with E-state index in [1.165, 1.54) is 45.1 Å². The first-order chi connectivity index (χ1) is 29.2. The number of H-pyrrole nitrogens is 1. The van der Waals surface area contributed by atoms with Gasteiger partial charge in [-0.2, -0.15) is 11.8 Å². The number of nitrogens with one attached hydrogen (secondary N) is 4. The number of Topliss-reactive ketones (excluding diaryl/α,β-unsaturated/α-hetero) is 1. The fourth-order valence-electron chi connectivity index (χ4n) is 8.09. The van der Waals surface area contributed by atoms with Gasteiger partial charge in [-0.1, -0.05) is 18.2 Å². The SMILES string of the molecule is CSCC[C@H](NC(=O)[C@H]1CCCN1C(=O)[C@H]1CCCN1C(=O)C(CCCN=C(N)N)CC(C)=O)C(=O)NCC(=O)N[C@@H](CO)C(=O)N1CCCC1.Cc1cc2ccccc2[nH]1. The quantitative estimate of drug-likeness (QED) is 0.0582. The summed E-state index contributed by atoms with van der Waals surface area (Å²) < 4.78 is 0. The van der Waals surface area contributed by atoms with E-state index in [9.17, 15) is 38.7 Å². The standard InChI is InChI=1S/C33H55N9O8S.C9H9N/c1-21(44)18-22(8-5-12-36-33(34)35)30(48)42-16-7-10-26(42)32(50)41-15-6-9-25(41)29(47)39-23(11-17-51-2)28(46)37-19-27(45)38-24(20-43)31(49)40-13-3-4-14-40;1-7-6-8-4-2-3-5-9(8)10-7/h22-26,43H,3-20H2,1-2H3,(H,37,46)(H,38,45)(H,39,47)(H4,34,35,36);2-6,10H,1H3/t22?,23-,24-,25+,26+;/m0./s1. The molecule has 1 unspecified atom stereocenters. The highest BCUT2D eigenvalue weighted by Gasteiger charge is 2.44. The lowest BCUT2D eigenvalue weighted by Gasteiger charge is -2.33. The summed E-state index contributed by atoms with van der Waals surface area (Å²) in [6, 6.07) is 6.70. The zero-order valence-electron chi connectivity index (χ0n) is 35.7. The number of nitrogens with zero attached hydrogens (tertiary/aromatic N) is 4. The van der Waals surface area contributed by atoms with E-state index < -0.39 is 61.0 Å². The molecule has 3 fully saturated rings. The molecule has 61 heavy (non-hydrogen) atoms. The smallest absolute Gasteiger partial charge is 0.247 e. The van der Waals surface area contributed by atoms with Crippen molar-refractivity contribution in [3.05, 3.63) is 36.0 Å². The van der Waals surface area contributed by atoms with Crippen LogP contribution in [0.2, 0.25) is 0 Å². The molecule has 3 aliphatic heterocycles. The van der Waals surface area contributed by atoms with Crippen molar-refractivity contribution in [2.75, 3.05) is 57.9 Å². The number of carbonyl (C=O) groups is 7. The number of aliphatic hydroxyl groups excluding tert-OH is 1. The topological polar surface area (TPSA) is 266 Å². The fraction of sp³-hybridized carbons (Fsp3) is 0.619. The lowest BCUT2D eigenvalue weighted by Crippen LogP contribution is -2.57. The van der Waals surface area contributed by atoms with Gasteiger partial charge in [0.1, 0.15) is 30.0 Å². The molecule has 5 rings (SSSR count). The average molecular weight is 869 g/mol. The van der Waals surface area contributed by atoms with Crippen LogP contribution in [0.3, 0.4) is 0 Å². The third-order valence-electron chi connectivity index (χ3n) is 11.1. The summed E-state index contributed by atoms with van der Waals surface area (Å²) in [5, 5.41) is 18.7. The van der Waals surface area contributed by atoms with Crippen LogP contribution in [0.4, 0.5) is 0 Å². The van der Waals surface area contributed by atoms with Gasteiger partial charge >= 0.3 is 0 Å². The number of fused-ring (bicyclic) bond motifs is 1. The molecule has 0 spiro atoms. The Kier molecular flexibility index (Phi) is 19.3. The van der Waals surface area contributed by atoms with Crippen molar-refractivity contribution in [3.8, 4) is 0 Å². The fourth-order valence-corrected chi connectivity index (χ4v) is 8.56. The number of amides is 6. The Morgan fingerprint density at radius 2 is 1.59 bits per heavy atom. The van der Waals surface area contributed by atoms with E-state index in [1.807, 2.05) is 12.3 Å². The summed E-state index contributed by atoms with van der Waals surface area (Å²) >= 11 is 1.47. The number of thioether (sulfide) groups is 1. The van der Waals surface area contributed by atoms with Gasteiger partial charge in [0, 0.05) is 56.3 Å². The predicted octanol–water partition coefficient (Wildman–Crippen LogP) is 0.547. The summed E-state index contributed by atoms with van der Waals surface area (Å²) in [4.78, 5) is 104. The molecule has 0 saturated carbocycles. The Hall–Kier alpha value is -5.17. The molecule has 18 nitrogen and oxygen atoms in total. The Balaban J connectivity index is 0.000000706. The molecule has 9 N–H and O–H groups in total. The third kappa shape index (κ3) is 14.5. The highest BCUT2D eigenvalue weighted by atomic mass is 32.2. The molecule has 2 aromatic rings. The molecule has 0 radical (unpaired) electrons. The van der Waals surface area contributed by atoms with Crippen molar-refractivity contribution in [3.63, 3.8) is 0 Å². The van der Waals surface area contributed by atoms with Crippen molar-refractivity contribution >= 4 is 69.9 Å². The number of likely N-dealkylation sites (tertiary alicyclic amines) is 3. The van der Waals surface area contributed by atoms with Crippen molar-refractivity contribution < 1.29 is 38.7 Å². The zero-order chi connectivity index (χ0) is 44.5. The number of guanidine groups is 1. The van der Waals surface area contributed by atoms with E-state index in [0.29, 0.717) is 77.0 Å². The second-order valence-electron chi connectivity index (χ2n) is 15.9. The Morgan fingerprint density at radius 3 is 2.25 bits per heavy atom. The summed E-state index contributed by atoms with van der Waals surface area (Å²) in [6.45, 7) is 4.55. The van der Waals surface area contributed by atoms with Crippen LogP contribution in [-0.2, 0) is 33.6 Å². The number of hydrogen-bond acceptors (Lipinski definition) is 10. The molecule has 5 atom stereocenters. The van der Waals surface area contributed by atoms with E-state index in [4.69, 9.17) is 11.5 Å². The minimum atomic E-state index is -1.12. The van der Waals surface area contributed by atoms with Crippen molar-refractivity contribution in [2.24, 2.45) is 22.4 Å². The summed E-state index contributed by atoms with van der Waals surface area (Å²) in [6.07, 6.45) is 6.70. The van der Waals surface area contributed by atoms with E-state index >= 15 is 0 Å². The molecule has 3 aliphatic rings. The van der Waals surface area contributed by atoms with Crippen LogP contribution < -0.4 is 27.4 Å². The molecule has 3 saturated heterocycles. The van der Waals surface area contributed by atoms with Gasteiger partial charge in [0.15, 0.2) is 5.96 Å². The molecule has 4 heterocycles. The number of para-hydroxylation sites is 1. The van der Waals surface area contributed by atoms with Crippen LogP contribution in [0.15, 0.2) is 35.3 Å². The number of carbonyl (C=O) groups excluding carboxylic acids is 7. The van der Waals surface area contributed by atoms with Crippen molar-refractivity contribution in [1.29, 1.82) is 0 Å². The summed E-state index contributed by atoms with van der Waals surface area (Å²) in [7, 11) is 0. The number of ketones is 1. The van der Waals surface area contributed by atoms with Crippen molar-refractivity contribution in [2.45, 2.75) is 102 Å². The lowest BCUT2D eigenvalue weighted by molar-refractivity contribution is -0.149. The monoisotopic (exact) mass is 868 g/mol. The highest BCUT2D eigenvalue weighted by Crippen LogP contribution is 2.28. The first-order valence-electron chi connectivity index (χ1n) is 21.2. The van der Waals surface area contributed by atoms with Gasteiger partial charge in [-0.05, 0) is 101 Å². The normalized spacial score (nSPS) is 18.7. The molecular formula is C42H64N10O8S. The molecule has 1 aromatic heterocycles. The second kappa shape index (κ2) is 24.3. The van der Waals surface area contributed by atoms with Gasteiger partial charge in [0.25, 0.3) is 0 Å². The van der Waals surface area contributed by atoms with Gasteiger partial charge < -0.3 is 57.0 Å². The Labute approximate surface area is 361 Å². The molecular weight excluding hydrogens is 805 g/mol. The van der Waals surface area contributed by atoms with Crippen LogP contribution in [0.25, 0.3) is 10.9 Å². The second-order valence-corrected chi connectivity index (χ2v) is 16.9. The van der Waals surface area contributed by atoms with E-state index in [0.717, 1.165) is 12.8 Å². The number of aliphatic hydroxyl groups is 1. The van der Waals surface area contributed by atoms with E-state index in [-0.39, 0.29) is 42.3 Å². The lowest BCUT2D eigenvalue weighted by atomic mass is 9.95. The first-order valence-corrected chi connectivity index (χ1v) is 22.6. The van der Waals surface area contributed by atoms with Crippen LogP contribution >= 0.6 is 11.8 Å². The van der Waals surface area contributed by atoms with Gasteiger partial charge in [-0.15, -0.1) is 0 Å². The van der Waals surface area contributed by atoms with E-state index in [1.54, 1.807) is 4.90 Å². The van der Waals surface area contributed by atoms with Crippen molar-refractivity contribution in [1.82, 2.24) is 35.6 Å². The first kappa shape index (κ1) is 48.5. The maximum absolute atomic E-state index is 13.9. The maximum Gasteiger partial charge on any atom is 0.247 e. The molecule has 336 valence electrons. The molecule has 19 heteroatoms. The summed E-state index contributed by atoms with van der Waals surface area (Å²) in [5.41, 5.74) is 13.2. The summed E-state index contributed by atoms with van der Waals surface area (Å²) in [5.74, 6) is -3.07. The van der Waals surface area contributed by atoms with Crippen LogP contribution in [0, 0.1) is 12.8 Å². The number of aliphatic imine (C=N–C) groups is 1. The largest absolute Gasteiger partial charge is 0.394 e. The number of hydrogen-bond donors (Lipinski definition) is 7. The third-order valence-corrected chi connectivity index (χ3v) is 11.8. The van der Waals surface area contributed by atoms with Gasteiger partial charge in [-0.25, -0.2) is 0 Å². The number of nitrogens with two attached hydrogens (primary N) is 2. The number of aryl methyl sites for hydroxylation is 1. The number of aromatic amines is 1. The zero-order valence-corrected chi connectivity index (χ0v) is 36.5. The van der Waals surface area contributed by atoms with Crippen LogP contribution in [0.5, 0.6) is 0 Å². The minimum absolute atomic E-state index is 0.0344. The Morgan fingerprint density at radius 1 is 0.902 bits per heavy atom. The average Bonchev–Trinajstić information content (AvgIpc) is 4.08.